The number of hydrogen-bond donors (Lipinski definition) is 4. The molecule has 6 nitrogen and oxygen atoms in total. The molecule has 0 saturated heterocycles. The van der Waals surface area contributed by atoms with Crippen LogP contribution in [0.5, 0.6) is 0 Å². The van der Waals surface area contributed by atoms with E-state index >= 15 is 0 Å². The van der Waals surface area contributed by atoms with E-state index in [1.165, 1.54) is 0 Å². The van der Waals surface area contributed by atoms with Gasteiger partial charge in [-0.15, -0.1) is 0 Å². The van der Waals surface area contributed by atoms with E-state index < -0.39 is 12.2 Å². The number of amides is 2. The van der Waals surface area contributed by atoms with E-state index in [4.69, 9.17) is 0 Å². The van der Waals surface area contributed by atoms with Crippen molar-refractivity contribution in [1.82, 2.24) is 10.6 Å². The lowest BCUT2D eigenvalue weighted by atomic mass is 9.59. The minimum Gasteiger partial charge on any atom is -0.387 e. The normalized spacial score (nSPS) is 28.2. The Kier molecular flexibility index (Phi) is 12.5. The summed E-state index contributed by atoms with van der Waals surface area (Å²) in [6.45, 7) is 14.1. The van der Waals surface area contributed by atoms with Gasteiger partial charge in [-0.05, 0) is 97.0 Å². The molecule has 0 aromatic heterocycles. The zero-order chi connectivity index (χ0) is 33.5. The maximum atomic E-state index is 13.6. The zero-order valence-electron chi connectivity index (χ0n) is 29.2. The van der Waals surface area contributed by atoms with Crippen molar-refractivity contribution in [3.63, 3.8) is 0 Å². The fourth-order valence-electron chi connectivity index (χ4n) is 8.42. The smallest absolute Gasteiger partial charge is 0.223 e. The Morgan fingerprint density at radius 3 is 1.72 bits per heavy atom. The molecule has 2 amide bonds. The van der Waals surface area contributed by atoms with Crippen molar-refractivity contribution in [2.24, 2.45) is 46.3 Å². The van der Waals surface area contributed by atoms with Crippen LogP contribution in [0.3, 0.4) is 0 Å². The summed E-state index contributed by atoms with van der Waals surface area (Å²) >= 11 is 0. The third-order valence-corrected chi connectivity index (χ3v) is 11.5. The minimum absolute atomic E-state index is 0.0607. The van der Waals surface area contributed by atoms with Crippen molar-refractivity contribution in [2.75, 3.05) is 13.1 Å². The van der Waals surface area contributed by atoms with Gasteiger partial charge in [0, 0.05) is 24.9 Å². The number of aliphatic hydroxyl groups excluding tert-OH is 2. The topological polar surface area (TPSA) is 98.7 Å². The van der Waals surface area contributed by atoms with Crippen LogP contribution in [-0.2, 0) is 9.59 Å². The van der Waals surface area contributed by atoms with Crippen LogP contribution >= 0.6 is 0 Å². The molecule has 2 aromatic rings. The first-order valence-corrected chi connectivity index (χ1v) is 17.8. The van der Waals surface area contributed by atoms with E-state index in [-0.39, 0.29) is 47.6 Å². The number of rotatable bonds is 13. The van der Waals surface area contributed by atoms with Crippen LogP contribution in [0.25, 0.3) is 0 Å². The number of carbonyl (C=O) groups is 2. The molecule has 2 aliphatic rings. The lowest BCUT2D eigenvalue weighted by molar-refractivity contribution is -0.132. The highest BCUT2D eigenvalue weighted by molar-refractivity contribution is 5.79. The molecule has 4 N–H and O–H groups in total. The zero-order valence-corrected chi connectivity index (χ0v) is 29.2. The molecule has 0 radical (unpaired) electrons. The Labute approximate surface area is 278 Å². The summed E-state index contributed by atoms with van der Waals surface area (Å²) in [5.41, 5.74) is 1.81. The highest BCUT2D eigenvalue weighted by atomic mass is 16.3. The molecule has 0 spiro atoms. The van der Waals surface area contributed by atoms with Crippen molar-refractivity contribution < 1.29 is 19.8 Å². The van der Waals surface area contributed by atoms with Gasteiger partial charge in [0.05, 0.1) is 12.2 Å². The fourth-order valence-corrected chi connectivity index (χ4v) is 8.42. The summed E-state index contributed by atoms with van der Waals surface area (Å²) in [4.78, 5) is 27.3. The third-order valence-electron chi connectivity index (χ3n) is 11.5. The molecular weight excluding hydrogens is 572 g/mol. The molecule has 46 heavy (non-hydrogen) atoms. The highest BCUT2D eigenvalue weighted by Gasteiger charge is 2.44. The van der Waals surface area contributed by atoms with Crippen molar-refractivity contribution in [2.45, 2.75) is 105 Å². The van der Waals surface area contributed by atoms with Gasteiger partial charge in [-0.3, -0.25) is 9.59 Å². The van der Waals surface area contributed by atoms with Crippen LogP contribution in [0.1, 0.15) is 116 Å². The second-order valence-corrected chi connectivity index (χ2v) is 16.1. The largest absolute Gasteiger partial charge is 0.387 e. The second kappa shape index (κ2) is 15.9. The Hall–Kier alpha value is -2.70. The Balaban J connectivity index is 1.36. The predicted molar refractivity (Wildman–Crippen MR) is 186 cm³/mol. The second-order valence-electron chi connectivity index (χ2n) is 16.1. The maximum Gasteiger partial charge on any atom is 0.223 e. The first-order valence-electron chi connectivity index (χ1n) is 17.8. The third kappa shape index (κ3) is 9.67. The Morgan fingerprint density at radius 1 is 0.739 bits per heavy atom. The number of hydrogen-bond acceptors (Lipinski definition) is 4. The molecular formula is C40H60N2O4. The van der Waals surface area contributed by atoms with Crippen molar-refractivity contribution in [3.8, 4) is 0 Å². The number of aliphatic hydroxyl groups is 2. The molecule has 6 unspecified atom stereocenters. The molecule has 4 rings (SSSR count). The van der Waals surface area contributed by atoms with E-state index in [0.717, 1.165) is 62.5 Å². The monoisotopic (exact) mass is 632 g/mol. The average Bonchev–Trinajstić information content (AvgIpc) is 3.04. The van der Waals surface area contributed by atoms with Crippen LogP contribution in [0.4, 0.5) is 0 Å². The molecule has 2 fully saturated rings. The van der Waals surface area contributed by atoms with Gasteiger partial charge < -0.3 is 20.8 Å². The van der Waals surface area contributed by atoms with Gasteiger partial charge >= 0.3 is 0 Å². The van der Waals surface area contributed by atoms with E-state index in [0.29, 0.717) is 23.7 Å². The molecule has 6 heteroatoms. The standard InChI is InChI=1S/C40H60N2O4/c1-27(2)31-19-22-40(6,24-34(31)38(46)42-26-36(44)30-15-11-8-12-16-30)21-17-28(3)32-18-20-39(4,5)23-33(32)37(45)41-25-35(43)29-13-9-7-10-14-29/h7-16,27-28,31-36,43-44H,17-26H2,1-6H3,(H,41,45)(H,42,46)/t28?,31?,32?,33?,34?,35-,36+,40?/m1/s1. The summed E-state index contributed by atoms with van der Waals surface area (Å²) in [7, 11) is 0. The van der Waals surface area contributed by atoms with E-state index in [9.17, 15) is 19.8 Å². The van der Waals surface area contributed by atoms with Crippen LogP contribution < -0.4 is 10.6 Å². The van der Waals surface area contributed by atoms with Gasteiger partial charge in [0.15, 0.2) is 0 Å². The van der Waals surface area contributed by atoms with E-state index in [1.54, 1.807) is 0 Å². The van der Waals surface area contributed by atoms with Gasteiger partial charge in [0.2, 0.25) is 11.8 Å². The van der Waals surface area contributed by atoms with Crippen molar-refractivity contribution in [1.29, 1.82) is 0 Å². The highest BCUT2D eigenvalue weighted by Crippen LogP contribution is 2.50. The first-order chi connectivity index (χ1) is 21.8. The first kappa shape index (κ1) is 36.1. The minimum atomic E-state index is -0.717. The van der Waals surface area contributed by atoms with Crippen LogP contribution in [0.2, 0.25) is 0 Å². The van der Waals surface area contributed by atoms with Crippen molar-refractivity contribution in [3.05, 3.63) is 71.8 Å². The number of benzene rings is 2. The summed E-state index contributed by atoms with van der Waals surface area (Å²) in [5.74, 6) is 1.44. The summed E-state index contributed by atoms with van der Waals surface area (Å²) in [5, 5.41) is 27.5. The van der Waals surface area contributed by atoms with Gasteiger partial charge in [-0.1, -0.05) is 102 Å². The van der Waals surface area contributed by atoms with Gasteiger partial charge in [-0.2, -0.15) is 0 Å². The Morgan fingerprint density at radius 2 is 1.22 bits per heavy atom. The van der Waals surface area contributed by atoms with Gasteiger partial charge in [0.25, 0.3) is 0 Å². The van der Waals surface area contributed by atoms with Crippen LogP contribution in [0, 0.1) is 46.3 Å². The molecule has 2 aromatic carbocycles. The molecule has 0 heterocycles. The molecule has 2 aliphatic carbocycles. The summed E-state index contributed by atoms with van der Waals surface area (Å²) in [6.07, 6.45) is 6.65. The van der Waals surface area contributed by atoms with E-state index in [2.05, 4.69) is 52.2 Å². The predicted octanol–water partition coefficient (Wildman–Crippen LogP) is 7.62. The molecule has 8 atom stereocenters. The molecule has 0 aliphatic heterocycles. The van der Waals surface area contributed by atoms with Gasteiger partial charge in [-0.25, -0.2) is 0 Å². The summed E-state index contributed by atoms with van der Waals surface area (Å²) in [6, 6.07) is 19.0. The molecule has 0 bridgehead atoms. The quantitative estimate of drug-likeness (QED) is 0.183. The van der Waals surface area contributed by atoms with Crippen LogP contribution in [-0.4, -0.2) is 35.1 Å². The fraction of sp³-hybridized carbons (Fsp3) is 0.650. The maximum absolute atomic E-state index is 13.6. The number of carbonyl (C=O) groups excluding carboxylic acids is 2. The Bertz CT molecular complexity index is 1250. The SMILES string of the molecule is CC(C)C1CCC(C)(CCC(C)C2CCC(C)(C)CC2C(=O)NC[C@@H](O)c2ccccc2)CC1C(=O)NC[C@H](O)c1ccccc1. The summed E-state index contributed by atoms with van der Waals surface area (Å²) < 4.78 is 0. The average molecular weight is 633 g/mol. The lowest BCUT2D eigenvalue weighted by Gasteiger charge is -2.46. The molecule has 2 saturated carbocycles. The van der Waals surface area contributed by atoms with Crippen molar-refractivity contribution >= 4 is 11.8 Å². The van der Waals surface area contributed by atoms with Crippen LogP contribution in [0.15, 0.2) is 60.7 Å². The number of nitrogens with one attached hydrogen (secondary N) is 2. The molecule has 254 valence electrons. The van der Waals surface area contributed by atoms with E-state index in [1.807, 2.05) is 60.7 Å². The van der Waals surface area contributed by atoms with Gasteiger partial charge in [0.1, 0.15) is 0 Å². The lowest BCUT2D eigenvalue weighted by Crippen LogP contribution is -2.45.